The second-order valence-corrected chi connectivity index (χ2v) is 13.0. The summed E-state index contributed by atoms with van der Waals surface area (Å²) in [6.45, 7) is 3.37. The molecule has 3 fully saturated rings. The molecule has 0 aromatic heterocycles. The molecule has 2 aromatic rings. The number of halogens is 2. The lowest BCUT2D eigenvalue weighted by atomic mass is 9.73. The highest BCUT2D eigenvalue weighted by Gasteiger charge is 2.51. The normalized spacial score (nSPS) is 33.1. The van der Waals surface area contributed by atoms with E-state index in [0.29, 0.717) is 26.9 Å². The Morgan fingerprint density at radius 1 is 0.935 bits per heavy atom. The van der Waals surface area contributed by atoms with Gasteiger partial charge in [-0.1, -0.05) is 35.7 Å². The monoisotopic (exact) mass is 679 g/mol. The second-order valence-electron chi connectivity index (χ2n) is 12.2. The fraction of sp³-hybridized carbons (Fsp3) is 0.485. The summed E-state index contributed by atoms with van der Waals surface area (Å²) in [7, 11) is 0. The van der Waals surface area contributed by atoms with Crippen molar-refractivity contribution in [3.63, 3.8) is 0 Å². The number of aliphatic hydroxyl groups excluding tert-OH is 5. The Hall–Kier alpha value is -2.87. The predicted octanol–water partition coefficient (Wildman–Crippen LogP) is 2.95. The number of ether oxygens (including phenoxy) is 3. The maximum absolute atomic E-state index is 12.9. The van der Waals surface area contributed by atoms with Crippen molar-refractivity contribution < 1.29 is 49.6 Å². The predicted molar refractivity (Wildman–Crippen MR) is 170 cm³/mol. The minimum atomic E-state index is -1.42. The van der Waals surface area contributed by atoms with Crippen LogP contribution in [-0.2, 0) is 9.53 Å². The van der Waals surface area contributed by atoms with Gasteiger partial charge in [0.05, 0.1) is 18.2 Å². The Kier molecular flexibility index (Phi) is 10.9. The van der Waals surface area contributed by atoms with Crippen LogP contribution >= 0.6 is 23.2 Å². The number of rotatable bonds is 9. The van der Waals surface area contributed by atoms with Crippen LogP contribution in [0.1, 0.15) is 38.7 Å². The number of nitrogens with one attached hydrogen (secondary N) is 1. The van der Waals surface area contributed by atoms with E-state index < -0.39 is 54.9 Å². The molecule has 0 bridgehead atoms. The van der Waals surface area contributed by atoms with Crippen molar-refractivity contribution >= 4 is 35.2 Å². The maximum atomic E-state index is 12.9. The molecule has 2 aliphatic carbocycles. The van der Waals surface area contributed by atoms with Gasteiger partial charge in [-0.3, -0.25) is 4.79 Å². The number of carbonyl (C=O) groups is 1. The van der Waals surface area contributed by atoms with Crippen LogP contribution in [0.4, 0.5) is 0 Å². The Morgan fingerprint density at radius 3 is 2.28 bits per heavy atom. The van der Waals surface area contributed by atoms with Crippen molar-refractivity contribution in [3.8, 4) is 17.2 Å². The quantitative estimate of drug-likeness (QED) is 0.154. The molecule has 5 rings (SSSR count). The van der Waals surface area contributed by atoms with E-state index in [1.807, 2.05) is 0 Å². The van der Waals surface area contributed by atoms with Crippen LogP contribution < -0.4 is 14.8 Å². The van der Waals surface area contributed by atoms with Gasteiger partial charge in [0.25, 0.3) is 0 Å². The van der Waals surface area contributed by atoms with Crippen molar-refractivity contribution in [1.29, 1.82) is 0 Å². The average molecular weight is 681 g/mol. The molecular weight excluding hydrogens is 641 g/mol. The molecule has 13 heteroatoms. The van der Waals surface area contributed by atoms with Crippen molar-refractivity contribution in [2.45, 2.75) is 82.1 Å². The second kappa shape index (κ2) is 14.5. The van der Waals surface area contributed by atoms with Gasteiger partial charge in [-0.2, -0.15) is 0 Å². The lowest BCUT2D eigenvalue weighted by Gasteiger charge is -2.43. The highest BCUT2D eigenvalue weighted by molar-refractivity contribution is 6.34. The van der Waals surface area contributed by atoms with Gasteiger partial charge in [-0.15, -0.1) is 0 Å². The van der Waals surface area contributed by atoms with Gasteiger partial charge in [0.15, 0.2) is 11.5 Å². The number of hydrogen-bond acceptors (Lipinski definition) is 10. The molecule has 7 N–H and O–H groups in total. The summed E-state index contributed by atoms with van der Waals surface area (Å²) in [4.78, 5) is 12.9. The lowest BCUT2D eigenvalue weighted by molar-refractivity contribution is -0.139. The zero-order valence-electron chi connectivity index (χ0n) is 25.3. The molecule has 0 spiro atoms. The van der Waals surface area contributed by atoms with Crippen molar-refractivity contribution in [2.24, 2.45) is 11.8 Å². The van der Waals surface area contributed by atoms with Gasteiger partial charge in [0.2, 0.25) is 12.2 Å². The first kappa shape index (κ1) is 34.5. The zero-order chi connectivity index (χ0) is 33.3. The van der Waals surface area contributed by atoms with Gasteiger partial charge in [0, 0.05) is 15.6 Å². The van der Waals surface area contributed by atoms with Crippen LogP contribution in [-0.4, -0.2) is 92.1 Å². The topological polar surface area (TPSA) is 178 Å². The Balaban J connectivity index is 1.18. The minimum Gasteiger partial charge on any atom is -0.504 e. The van der Waals surface area contributed by atoms with E-state index in [-0.39, 0.29) is 35.5 Å². The molecule has 1 heterocycles. The number of aromatic hydroxyl groups is 1. The highest BCUT2D eigenvalue weighted by Crippen LogP contribution is 2.43. The number of benzene rings is 2. The Bertz CT molecular complexity index is 1460. The first-order valence-corrected chi connectivity index (χ1v) is 15.9. The standard InChI is InChI=1S/C33H39Cl2NO10/c1-15(8-9-44-20-13-18(34)12-19(35)14-20)31-29(41)30(42)33(46-31)45-24-7-6-17(11-23(24)37)10-16(2)32(43)36-25-26(38)21-4-3-5-22(21)27(39)28(25)40/h6-8,10-14,21-22,25-31,33,37-42H,3-5,9H2,1-2H3,(H,36,43)/b15-8+,16-10+/t21-,22+,25+,26+,27+,28+,29+,30+,31-,33-/m1/s1. The van der Waals surface area contributed by atoms with Crippen LogP contribution in [0.25, 0.3) is 6.08 Å². The number of carbonyl (C=O) groups excluding carboxylic acids is 1. The number of aliphatic hydroxyl groups is 5. The number of phenolic OH excluding ortho intramolecular Hbond substituents is 1. The summed E-state index contributed by atoms with van der Waals surface area (Å²) >= 11 is 12.0. The molecule has 1 amide bonds. The van der Waals surface area contributed by atoms with Crippen LogP contribution in [0.2, 0.25) is 10.0 Å². The Labute approximate surface area is 276 Å². The van der Waals surface area contributed by atoms with E-state index >= 15 is 0 Å². The molecule has 2 aromatic carbocycles. The zero-order valence-corrected chi connectivity index (χ0v) is 26.8. The van der Waals surface area contributed by atoms with Gasteiger partial charge in [-0.05, 0) is 92.1 Å². The third-order valence-electron chi connectivity index (χ3n) is 9.01. The lowest BCUT2D eigenvalue weighted by Crippen LogP contribution is -2.63. The van der Waals surface area contributed by atoms with Crippen molar-refractivity contribution in [1.82, 2.24) is 5.32 Å². The first-order valence-electron chi connectivity index (χ1n) is 15.1. The smallest absolute Gasteiger partial charge is 0.247 e. The molecule has 2 saturated carbocycles. The molecule has 46 heavy (non-hydrogen) atoms. The molecule has 1 aliphatic heterocycles. The molecule has 3 aliphatic rings. The Morgan fingerprint density at radius 2 is 1.61 bits per heavy atom. The fourth-order valence-corrected chi connectivity index (χ4v) is 7.02. The number of fused-ring (bicyclic) bond motifs is 1. The van der Waals surface area contributed by atoms with Crippen LogP contribution in [0.3, 0.4) is 0 Å². The summed E-state index contributed by atoms with van der Waals surface area (Å²) < 4.78 is 17.1. The molecule has 250 valence electrons. The molecular formula is C33H39Cl2NO10. The summed E-state index contributed by atoms with van der Waals surface area (Å²) in [5, 5.41) is 67.3. The van der Waals surface area contributed by atoms with Crippen molar-refractivity contribution in [2.75, 3.05) is 6.61 Å². The number of amides is 1. The SMILES string of the molecule is C/C(=C\c1ccc(O[C@@H]2O[C@H](/C(C)=C/COc3cc(Cl)cc(Cl)c3)[C@@H](O)[C@@H]2O)c(O)c1)C(=O)N[C@@H]1[C@H](O)[C@@H](O)[C@H]2CCC[C@H]2[C@@H]1O. The van der Waals surface area contributed by atoms with E-state index in [1.54, 1.807) is 44.2 Å². The third-order valence-corrected chi connectivity index (χ3v) is 9.45. The minimum absolute atomic E-state index is 0.0208. The van der Waals surface area contributed by atoms with Crippen molar-refractivity contribution in [3.05, 3.63) is 69.2 Å². The average Bonchev–Trinajstić information content (AvgIpc) is 3.60. The summed E-state index contributed by atoms with van der Waals surface area (Å²) in [5.41, 5.74) is 1.26. The molecule has 0 unspecified atom stereocenters. The molecule has 10 atom stereocenters. The van der Waals surface area contributed by atoms with Gasteiger partial charge >= 0.3 is 0 Å². The maximum Gasteiger partial charge on any atom is 0.247 e. The number of phenols is 1. The summed E-state index contributed by atoms with van der Waals surface area (Å²) in [5.74, 6) is -0.782. The van der Waals surface area contributed by atoms with Crippen LogP contribution in [0.15, 0.2) is 53.6 Å². The summed E-state index contributed by atoms with van der Waals surface area (Å²) in [6, 6.07) is 8.14. The molecule has 1 saturated heterocycles. The van der Waals surface area contributed by atoms with E-state index in [2.05, 4.69) is 5.32 Å². The van der Waals surface area contributed by atoms with E-state index in [0.717, 1.165) is 19.3 Å². The summed E-state index contributed by atoms with van der Waals surface area (Å²) in [6.07, 6.45) is -2.75. The highest BCUT2D eigenvalue weighted by atomic mass is 35.5. The molecule has 0 radical (unpaired) electrons. The van der Waals surface area contributed by atoms with E-state index in [1.165, 1.54) is 18.2 Å². The van der Waals surface area contributed by atoms with Gasteiger partial charge in [-0.25, -0.2) is 0 Å². The largest absolute Gasteiger partial charge is 0.504 e. The van der Waals surface area contributed by atoms with Crippen LogP contribution in [0.5, 0.6) is 17.2 Å². The van der Waals surface area contributed by atoms with Gasteiger partial charge in [0.1, 0.15) is 36.8 Å². The third kappa shape index (κ3) is 7.48. The number of hydrogen-bond donors (Lipinski definition) is 7. The fourth-order valence-electron chi connectivity index (χ4n) is 6.52. The van der Waals surface area contributed by atoms with E-state index in [4.69, 9.17) is 37.4 Å². The van der Waals surface area contributed by atoms with Gasteiger partial charge < -0.3 is 50.2 Å². The van der Waals surface area contributed by atoms with E-state index in [9.17, 15) is 35.4 Å². The first-order chi connectivity index (χ1) is 21.8. The molecule has 11 nitrogen and oxygen atoms in total. The van der Waals surface area contributed by atoms with Crippen LogP contribution in [0, 0.1) is 11.8 Å².